The lowest BCUT2D eigenvalue weighted by molar-refractivity contribution is -0.384. The number of aryl methyl sites for hydroxylation is 1. The molecule has 1 aliphatic heterocycles. The Morgan fingerprint density at radius 3 is 1.52 bits per heavy atom. The number of aromatic nitrogens is 2. The summed E-state index contributed by atoms with van der Waals surface area (Å²) < 4.78 is 13.3. The van der Waals surface area contributed by atoms with Crippen LogP contribution in [-0.4, -0.2) is 48.0 Å². The van der Waals surface area contributed by atoms with E-state index in [-0.39, 0.29) is 17.7 Å². The zero-order chi connectivity index (χ0) is 48.0. The number of likely N-dealkylation sites (tertiary alicyclic amines) is 1. The van der Waals surface area contributed by atoms with Gasteiger partial charge >= 0.3 is 11.9 Å². The molecule has 2 heterocycles. The maximum atomic E-state index is 16.1. The van der Waals surface area contributed by atoms with E-state index in [2.05, 4.69) is 41.4 Å². The molecule has 9 rings (SSSR count). The summed E-state index contributed by atoms with van der Waals surface area (Å²) in [6.45, 7) is -2.42. The van der Waals surface area contributed by atoms with Gasteiger partial charge in [0, 0.05) is 39.2 Å². The van der Waals surface area contributed by atoms with Gasteiger partial charge < -0.3 is 14.0 Å². The molecule has 8 aromatic rings. The molecule has 13 heteroatoms. The lowest BCUT2D eigenvalue weighted by Crippen LogP contribution is -2.67. The largest absolute Gasteiger partial charge is 0.456 e. The smallest absolute Gasteiger partial charge is 0.356 e. The number of thioether (sulfide) groups is 1. The molecule has 1 fully saturated rings. The number of β-lactam (4-membered cyclic amide) rings is 1. The molecule has 1 aliphatic rings. The minimum absolute atomic E-state index is 0.106. The molecule has 344 valence electrons. The first kappa shape index (κ1) is 46.3. The van der Waals surface area contributed by atoms with Crippen molar-refractivity contribution >= 4 is 63.5 Å². The summed E-state index contributed by atoms with van der Waals surface area (Å²) in [6, 6.07) is 65.2. The molecule has 0 radical (unpaired) electrons. The SMILES string of the molecule is CC(=O)OC(c1cn(C)cn1)C1C(=O)N(C(C(=O)OCc2ccc([N+](=O)[O-])cc2)=P(c2ccccc2)(c2ccccc2)c2ccccc2)C1SC(c1ccccc1)(c1ccccc1)c1ccccc1. The van der Waals surface area contributed by atoms with Crippen LogP contribution >= 0.6 is 18.6 Å². The third kappa shape index (κ3) is 8.92. The Morgan fingerprint density at radius 1 is 0.696 bits per heavy atom. The maximum Gasteiger partial charge on any atom is 0.356 e. The van der Waals surface area contributed by atoms with Crippen LogP contribution in [0.25, 0.3) is 0 Å². The van der Waals surface area contributed by atoms with Gasteiger partial charge in [-0.2, -0.15) is 0 Å². The van der Waals surface area contributed by atoms with E-state index in [0.29, 0.717) is 11.3 Å². The van der Waals surface area contributed by atoms with Gasteiger partial charge in [-0.15, -0.1) is 11.8 Å². The molecule has 1 amide bonds. The van der Waals surface area contributed by atoms with Crippen molar-refractivity contribution in [2.24, 2.45) is 13.0 Å². The number of non-ortho nitro benzene ring substituents is 1. The molecule has 0 bridgehead atoms. The van der Waals surface area contributed by atoms with E-state index < -0.39 is 51.8 Å². The van der Waals surface area contributed by atoms with Gasteiger partial charge in [-0.3, -0.25) is 24.6 Å². The zero-order valence-corrected chi connectivity index (χ0v) is 39.4. The summed E-state index contributed by atoms with van der Waals surface area (Å²) in [5, 5.41) is 13.0. The van der Waals surface area contributed by atoms with E-state index in [1.807, 2.05) is 146 Å². The van der Waals surface area contributed by atoms with Crippen LogP contribution in [-0.2, 0) is 42.3 Å². The van der Waals surface area contributed by atoms with Crippen molar-refractivity contribution in [3.63, 3.8) is 0 Å². The first-order valence-electron chi connectivity index (χ1n) is 22.3. The summed E-state index contributed by atoms with van der Waals surface area (Å²) >= 11 is 1.49. The second kappa shape index (κ2) is 20.2. The molecule has 11 nitrogen and oxygen atoms in total. The standard InChI is InChI=1S/C56H47N4O7PS/c1-40(61)67-51(49-37-58(2)39-57-49)50-52(62)59(54(50)69-56(42-21-9-3-10-22-42,43-23-11-4-12-24-43)44-25-13-5-14-26-44)53(55(63)66-38-41-33-35-45(36-34-41)60(64)65)68(46-27-15-6-16-28-46,47-29-17-7-18-30-47)48-31-19-8-20-32-48/h3-37,39,50-51,54H,38H2,1-2H3. The van der Waals surface area contributed by atoms with Gasteiger partial charge in [-0.25, -0.2) is 9.78 Å². The average molecular weight is 951 g/mol. The highest BCUT2D eigenvalue weighted by Gasteiger charge is 2.61. The highest BCUT2D eigenvalue weighted by atomic mass is 32.2. The van der Waals surface area contributed by atoms with E-state index in [4.69, 9.17) is 9.47 Å². The number of nitro benzene ring substituents is 1. The number of ether oxygens (including phenoxy) is 2. The monoisotopic (exact) mass is 950 g/mol. The molecule has 0 saturated carbocycles. The summed E-state index contributed by atoms with van der Waals surface area (Å²) in [7, 11) is 1.80. The molecule has 3 atom stereocenters. The van der Waals surface area contributed by atoms with Gasteiger partial charge in [0.25, 0.3) is 5.69 Å². The number of carbonyl (C=O) groups excluding carboxylic acids is 3. The number of hydrogen-bond donors (Lipinski definition) is 0. The number of amides is 1. The fourth-order valence-electron chi connectivity index (χ4n) is 9.19. The molecular weight excluding hydrogens is 904 g/mol. The molecule has 1 aromatic heterocycles. The van der Waals surface area contributed by atoms with Crippen molar-refractivity contribution in [1.29, 1.82) is 0 Å². The number of imidazole rings is 1. The Bertz CT molecular complexity index is 2940. The first-order chi connectivity index (χ1) is 33.6. The summed E-state index contributed by atoms with van der Waals surface area (Å²) in [5.74, 6) is -2.91. The quantitative estimate of drug-likeness (QED) is 0.0232. The second-order valence-corrected chi connectivity index (χ2v) is 21.2. The van der Waals surface area contributed by atoms with Gasteiger partial charge in [0.15, 0.2) is 6.10 Å². The average Bonchev–Trinajstić information content (AvgIpc) is 3.84. The van der Waals surface area contributed by atoms with Crippen molar-refractivity contribution < 1.29 is 28.8 Å². The molecule has 69 heavy (non-hydrogen) atoms. The fourth-order valence-corrected chi connectivity index (χ4v) is 15.5. The van der Waals surface area contributed by atoms with Gasteiger partial charge in [0.1, 0.15) is 23.3 Å². The van der Waals surface area contributed by atoms with Crippen LogP contribution in [0.2, 0.25) is 0 Å². The van der Waals surface area contributed by atoms with Crippen LogP contribution in [0, 0.1) is 16.0 Å². The third-order valence-corrected chi connectivity index (χ3v) is 18.3. The molecule has 0 N–H and O–H groups in total. The van der Waals surface area contributed by atoms with Crippen LogP contribution < -0.4 is 15.9 Å². The number of benzene rings is 7. The minimum atomic E-state index is -3.47. The number of carbonyl (C=O) groups is 3. The van der Waals surface area contributed by atoms with Crippen LogP contribution in [0.1, 0.15) is 41.0 Å². The van der Waals surface area contributed by atoms with Gasteiger partial charge in [0.2, 0.25) is 5.91 Å². The predicted octanol–water partition coefficient (Wildman–Crippen LogP) is 9.31. The van der Waals surface area contributed by atoms with Gasteiger partial charge in [-0.1, -0.05) is 182 Å². The van der Waals surface area contributed by atoms with E-state index in [9.17, 15) is 14.9 Å². The molecule has 7 aromatic carbocycles. The molecular formula is C56H47N4O7PS. The predicted molar refractivity (Wildman–Crippen MR) is 272 cm³/mol. The maximum absolute atomic E-state index is 16.1. The van der Waals surface area contributed by atoms with Crippen molar-refractivity contribution in [3.05, 3.63) is 257 Å². The van der Waals surface area contributed by atoms with Crippen LogP contribution in [0.15, 0.2) is 219 Å². The molecule has 3 unspecified atom stereocenters. The van der Waals surface area contributed by atoms with Gasteiger partial charge in [0.05, 0.1) is 21.7 Å². The topological polar surface area (TPSA) is 134 Å². The van der Waals surface area contributed by atoms with Crippen molar-refractivity contribution in [1.82, 2.24) is 14.5 Å². The van der Waals surface area contributed by atoms with Crippen molar-refractivity contribution in [2.75, 3.05) is 0 Å². The zero-order valence-electron chi connectivity index (χ0n) is 37.7. The number of nitrogens with zero attached hydrogens (tertiary/aromatic N) is 4. The summed E-state index contributed by atoms with van der Waals surface area (Å²) in [4.78, 5) is 62.8. The molecule has 1 saturated heterocycles. The van der Waals surface area contributed by atoms with Gasteiger partial charge in [-0.05, 0) is 50.3 Å². The summed E-state index contributed by atoms with van der Waals surface area (Å²) in [6.07, 6.45) is 2.17. The van der Waals surface area contributed by atoms with E-state index >= 15 is 9.59 Å². The Balaban J connectivity index is 1.38. The number of esters is 2. The highest BCUT2D eigenvalue weighted by molar-refractivity contribution is 8.01. The lowest BCUT2D eigenvalue weighted by atomic mass is 9.84. The van der Waals surface area contributed by atoms with E-state index in [0.717, 1.165) is 32.6 Å². The van der Waals surface area contributed by atoms with Crippen molar-refractivity contribution in [3.8, 4) is 0 Å². The fraction of sp³-hybridized carbons (Fsp3) is 0.125. The Labute approximate surface area is 404 Å². The normalized spacial score (nSPS) is 15.1. The minimum Gasteiger partial charge on any atom is -0.456 e. The third-order valence-electron chi connectivity index (χ3n) is 12.2. The first-order valence-corrected chi connectivity index (χ1v) is 25.0. The molecule has 0 spiro atoms. The molecule has 0 aliphatic carbocycles. The summed E-state index contributed by atoms with van der Waals surface area (Å²) in [5.41, 5.74) is 3.61. The number of nitro groups is 1. The Hall–Kier alpha value is -7.79. The number of hydrogen-bond acceptors (Lipinski definition) is 9. The van der Waals surface area contributed by atoms with Crippen LogP contribution in [0.3, 0.4) is 0 Å². The van der Waals surface area contributed by atoms with Crippen molar-refractivity contribution in [2.45, 2.75) is 29.8 Å². The Morgan fingerprint density at radius 2 is 1.13 bits per heavy atom. The van der Waals surface area contributed by atoms with Crippen LogP contribution in [0.4, 0.5) is 5.69 Å². The number of rotatable bonds is 16. The van der Waals surface area contributed by atoms with E-state index in [1.165, 1.54) is 30.8 Å². The Kier molecular flexibility index (Phi) is 13.6. The second-order valence-electron chi connectivity index (χ2n) is 16.5. The highest BCUT2D eigenvalue weighted by Crippen LogP contribution is 2.59. The lowest BCUT2D eigenvalue weighted by Gasteiger charge is -2.53. The van der Waals surface area contributed by atoms with E-state index in [1.54, 1.807) is 41.2 Å². The van der Waals surface area contributed by atoms with Crippen LogP contribution in [0.5, 0.6) is 0 Å².